The lowest BCUT2D eigenvalue weighted by Gasteiger charge is -2.42. The minimum atomic E-state index is -0.688. The van der Waals surface area contributed by atoms with Gasteiger partial charge in [-0.2, -0.15) is 0 Å². The standard InChI is InChI=1S/C11H24N2OS/c1-9(2)11-7-12-5-6-13(11)10(3)8-15(4)14/h9-12H,5-8H2,1-4H3. The van der Waals surface area contributed by atoms with E-state index >= 15 is 0 Å². The van der Waals surface area contributed by atoms with Gasteiger partial charge in [0.1, 0.15) is 0 Å². The van der Waals surface area contributed by atoms with E-state index in [4.69, 9.17) is 0 Å². The molecule has 0 spiro atoms. The average molecular weight is 232 g/mol. The fourth-order valence-corrected chi connectivity index (χ4v) is 3.21. The maximum atomic E-state index is 11.2. The molecule has 0 aromatic heterocycles. The van der Waals surface area contributed by atoms with Crippen LogP contribution in [0.1, 0.15) is 20.8 Å². The van der Waals surface area contributed by atoms with E-state index in [0.29, 0.717) is 18.0 Å². The zero-order chi connectivity index (χ0) is 11.4. The molecule has 0 aromatic carbocycles. The van der Waals surface area contributed by atoms with Crippen LogP contribution in [0.4, 0.5) is 0 Å². The first-order valence-corrected chi connectivity index (χ1v) is 7.51. The van der Waals surface area contributed by atoms with Gasteiger partial charge >= 0.3 is 0 Å². The Hall–Kier alpha value is 0.0700. The molecule has 1 aliphatic heterocycles. The van der Waals surface area contributed by atoms with Crippen molar-refractivity contribution in [1.29, 1.82) is 0 Å². The van der Waals surface area contributed by atoms with Gasteiger partial charge in [0.2, 0.25) is 0 Å². The van der Waals surface area contributed by atoms with Gasteiger partial charge in [-0.15, -0.1) is 0 Å². The summed E-state index contributed by atoms with van der Waals surface area (Å²) in [4.78, 5) is 2.52. The Morgan fingerprint density at radius 2 is 2.13 bits per heavy atom. The molecule has 90 valence electrons. The molecule has 0 amide bonds. The Morgan fingerprint density at radius 1 is 1.47 bits per heavy atom. The summed E-state index contributed by atoms with van der Waals surface area (Å²) in [5.41, 5.74) is 0. The zero-order valence-electron chi connectivity index (χ0n) is 10.3. The van der Waals surface area contributed by atoms with E-state index in [9.17, 15) is 4.21 Å². The van der Waals surface area contributed by atoms with Crippen LogP contribution in [0.3, 0.4) is 0 Å². The quantitative estimate of drug-likeness (QED) is 0.774. The lowest BCUT2D eigenvalue weighted by molar-refractivity contribution is 0.0939. The Labute approximate surface area is 96.1 Å². The summed E-state index contributed by atoms with van der Waals surface area (Å²) in [6.07, 6.45) is 1.79. The molecular weight excluding hydrogens is 208 g/mol. The summed E-state index contributed by atoms with van der Waals surface area (Å²) >= 11 is 0. The molecule has 0 radical (unpaired) electrons. The van der Waals surface area contributed by atoms with Crippen LogP contribution < -0.4 is 5.32 Å². The molecule has 4 heteroatoms. The second-order valence-corrected chi connectivity index (χ2v) is 6.32. The molecule has 0 saturated carbocycles. The highest BCUT2D eigenvalue weighted by Crippen LogP contribution is 2.16. The molecule has 3 atom stereocenters. The first-order valence-electron chi connectivity index (χ1n) is 5.79. The van der Waals surface area contributed by atoms with E-state index in [-0.39, 0.29) is 0 Å². The number of rotatable bonds is 4. The highest BCUT2D eigenvalue weighted by Gasteiger charge is 2.28. The van der Waals surface area contributed by atoms with Crippen molar-refractivity contribution in [2.24, 2.45) is 5.92 Å². The lowest BCUT2D eigenvalue weighted by atomic mass is 9.99. The van der Waals surface area contributed by atoms with Crippen LogP contribution >= 0.6 is 0 Å². The molecule has 0 aliphatic carbocycles. The molecule has 1 aliphatic rings. The Bertz CT molecular complexity index is 221. The number of piperazine rings is 1. The van der Waals surface area contributed by atoms with Gasteiger partial charge in [-0.1, -0.05) is 13.8 Å². The average Bonchev–Trinajstić information content (AvgIpc) is 2.16. The molecule has 0 bridgehead atoms. The van der Waals surface area contributed by atoms with Crippen molar-refractivity contribution >= 4 is 10.8 Å². The van der Waals surface area contributed by atoms with Crippen LogP contribution in [-0.4, -0.2) is 52.8 Å². The van der Waals surface area contributed by atoms with Crippen molar-refractivity contribution in [3.63, 3.8) is 0 Å². The van der Waals surface area contributed by atoms with Gasteiger partial charge in [0.05, 0.1) is 0 Å². The van der Waals surface area contributed by atoms with Crippen LogP contribution in [0.2, 0.25) is 0 Å². The molecule has 3 unspecified atom stereocenters. The Balaban J connectivity index is 2.58. The second-order valence-electron chi connectivity index (χ2n) is 4.84. The number of hydrogen-bond acceptors (Lipinski definition) is 3. The normalized spacial score (nSPS) is 27.9. The van der Waals surface area contributed by atoms with E-state index in [0.717, 1.165) is 25.4 Å². The summed E-state index contributed by atoms with van der Waals surface area (Å²) < 4.78 is 11.2. The van der Waals surface area contributed by atoms with Crippen molar-refractivity contribution in [2.75, 3.05) is 31.6 Å². The van der Waals surface area contributed by atoms with Crippen LogP contribution in [0.25, 0.3) is 0 Å². The monoisotopic (exact) mass is 232 g/mol. The first kappa shape index (κ1) is 13.1. The third-order valence-electron chi connectivity index (χ3n) is 3.14. The Kier molecular flexibility index (Phi) is 5.23. The van der Waals surface area contributed by atoms with Gasteiger partial charge < -0.3 is 5.32 Å². The minimum Gasteiger partial charge on any atom is -0.314 e. The van der Waals surface area contributed by atoms with Crippen molar-refractivity contribution in [2.45, 2.75) is 32.9 Å². The van der Waals surface area contributed by atoms with Crippen molar-refractivity contribution < 1.29 is 4.21 Å². The highest BCUT2D eigenvalue weighted by molar-refractivity contribution is 7.84. The van der Waals surface area contributed by atoms with Crippen molar-refractivity contribution in [1.82, 2.24) is 10.2 Å². The second kappa shape index (κ2) is 5.97. The predicted octanol–water partition coefficient (Wildman–Crippen LogP) is 0.683. The van der Waals surface area contributed by atoms with Gasteiger partial charge in [-0.25, -0.2) is 0 Å². The fourth-order valence-electron chi connectivity index (χ4n) is 2.34. The third-order valence-corrected chi connectivity index (χ3v) is 4.09. The van der Waals surface area contributed by atoms with E-state index in [1.807, 2.05) is 0 Å². The van der Waals surface area contributed by atoms with Crippen LogP contribution in [-0.2, 0) is 10.8 Å². The number of hydrogen-bond donors (Lipinski definition) is 1. The van der Waals surface area contributed by atoms with Gasteiger partial charge in [0.15, 0.2) is 0 Å². The van der Waals surface area contributed by atoms with E-state index < -0.39 is 10.8 Å². The van der Waals surface area contributed by atoms with Gasteiger partial charge in [-0.05, 0) is 12.8 Å². The number of nitrogens with one attached hydrogen (secondary N) is 1. The van der Waals surface area contributed by atoms with Gasteiger partial charge in [0.25, 0.3) is 0 Å². The molecule has 0 aromatic rings. The van der Waals surface area contributed by atoms with Crippen molar-refractivity contribution in [3.05, 3.63) is 0 Å². The van der Waals surface area contributed by atoms with Crippen LogP contribution in [0.15, 0.2) is 0 Å². The largest absolute Gasteiger partial charge is 0.314 e. The van der Waals surface area contributed by atoms with Crippen molar-refractivity contribution in [3.8, 4) is 0 Å². The topological polar surface area (TPSA) is 32.3 Å². The van der Waals surface area contributed by atoms with Crippen LogP contribution in [0.5, 0.6) is 0 Å². The molecule has 1 saturated heterocycles. The van der Waals surface area contributed by atoms with Gasteiger partial charge in [-0.3, -0.25) is 9.11 Å². The molecule has 1 N–H and O–H groups in total. The summed E-state index contributed by atoms with van der Waals surface area (Å²) in [7, 11) is -0.688. The SMILES string of the molecule is CC(C)C1CNCCN1C(C)CS(C)=O. The number of nitrogens with zero attached hydrogens (tertiary/aromatic N) is 1. The third kappa shape index (κ3) is 3.85. The summed E-state index contributed by atoms with van der Waals surface area (Å²) in [6, 6.07) is 1.03. The maximum Gasteiger partial charge on any atom is 0.0385 e. The predicted molar refractivity (Wildman–Crippen MR) is 66.6 cm³/mol. The smallest absolute Gasteiger partial charge is 0.0385 e. The molecular formula is C11H24N2OS. The maximum absolute atomic E-state index is 11.2. The zero-order valence-corrected chi connectivity index (χ0v) is 11.1. The lowest BCUT2D eigenvalue weighted by Crippen LogP contribution is -2.57. The first-order chi connectivity index (χ1) is 7.02. The highest BCUT2D eigenvalue weighted by atomic mass is 32.2. The summed E-state index contributed by atoms with van der Waals surface area (Å²) in [6.45, 7) is 9.94. The molecule has 1 fully saturated rings. The molecule has 1 rings (SSSR count). The van der Waals surface area contributed by atoms with E-state index in [1.54, 1.807) is 6.26 Å². The molecule has 15 heavy (non-hydrogen) atoms. The fraction of sp³-hybridized carbons (Fsp3) is 1.00. The van der Waals surface area contributed by atoms with Crippen LogP contribution in [0, 0.1) is 5.92 Å². The molecule has 1 heterocycles. The molecule has 3 nitrogen and oxygen atoms in total. The van der Waals surface area contributed by atoms with Gasteiger partial charge in [0, 0.05) is 54.5 Å². The minimum absolute atomic E-state index is 0.435. The van der Waals surface area contributed by atoms with E-state index in [1.165, 1.54) is 0 Å². The Morgan fingerprint density at radius 3 is 2.67 bits per heavy atom. The summed E-state index contributed by atoms with van der Waals surface area (Å²) in [5.74, 6) is 1.45. The summed E-state index contributed by atoms with van der Waals surface area (Å²) in [5, 5.41) is 3.44. The van der Waals surface area contributed by atoms with E-state index in [2.05, 4.69) is 31.0 Å².